The summed E-state index contributed by atoms with van der Waals surface area (Å²) in [5, 5.41) is 21.6. The Kier molecular flexibility index (Phi) is 5.06. The number of nitrogens with zero attached hydrogens (tertiary/aromatic N) is 2. The van der Waals surface area contributed by atoms with E-state index in [9.17, 15) is 4.79 Å². The van der Waals surface area contributed by atoms with Crippen molar-refractivity contribution < 1.29 is 9.90 Å². The maximum Gasteiger partial charge on any atom is 0.308 e. The molecule has 1 aromatic carbocycles. The second-order valence-electron chi connectivity index (χ2n) is 4.61. The highest BCUT2D eigenvalue weighted by atomic mass is 32.1. The van der Waals surface area contributed by atoms with Crippen molar-refractivity contribution in [2.75, 3.05) is 11.9 Å². The molecule has 2 rings (SSSR count). The van der Waals surface area contributed by atoms with Gasteiger partial charge in [-0.2, -0.15) is 0 Å². The van der Waals surface area contributed by atoms with Gasteiger partial charge in [-0.15, -0.1) is 10.2 Å². The van der Waals surface area contributed by atoms with E-state index >= 15 is 0 Å². The monoisotopic (exact) mass is 291 g/mol. The van der Waals surface area contributed by atoms with Crippen LogP contribution in [0.2, 0.25) is 0 Å². The highest BCUT2D eigenvalue weighted by Gasteiger charge is 2.11. The number of hydrogen-bond acceptors (Lipinski definition) is 5. The fourth-order valence-corrected chi connectivity index (χ4v) is 2.40. The largest absolute Gasteiger partial charge is 0.481 e. The van der Waals surface area contributed by atoms with Gasteiger partial charge in [-0.1, -0.05) is 48.6 Å². The molecule has 0 aliphatic rings. The van der Waals surface area contributed by atoms with Crippen molar-refractivity contribution in [2.24, 2.45) is 5.92 Å². The number of benzene rings is 1. The van der Waals surface area contributed by atoms with E-state index in [-0.39, 0.29) is 0 Å². The lowest BCUT2D eigenvalue weighted by atomic mass is 10.1. The first-order chi connectivity index (χ1) is 9.65. The van der Waals surface area contributed by atoms with Crippen molar-refractivity contribution in [1.29, 1.82) is 0 Å². The molecule has 0 saturated carbocycles. The minimum Gasteiger partial charge on any atom is -0.481 e. The van der Waals surface area contributed by atoms with Gasteiger partial charge in [0.2, 0.25) is 5.13 Å². The average Bonchev–Trinajstić information content (AvgIpc) is 2.91. The van der Waals surface area contributed by atoms with Gasteiger partial charge in [0.1, 0.15) is 5.01 Å². The molecule has 2 aromatic rings. The lowest BCUT2D eigenvalue weighted by Gasteiger charge is -2.05. The van der Waals surface area contributed by atoms with E-state index in [1.165, 1.54) is 16.9 Å². The van der Waals surface area contributed by atoms with E-state index in [4.69, 9.17) is 5.11 Å². The SMILES string of the molecule is CC(CNc1nnc(CCc2ccccc2)s1)C(=O)O. The topological polar surface area (TPSA) is 75.1 Å². The van der Waals surface area contributed by atoms with Gasteiger partial charge in [0, 0.05) is 13.0 Å². The second kappa shape index (κ2) is 7.00. The molecule has 5 nitrogen and oxygen atoms in total. The molecule has 0 spiro atoms. The summed E-state index contributed by atoms with van der Waals surface area (Å²) in [5.41, 5.74) is 1.27. The van der Waals surface area contributed by atoms with Crippen LogP contribution in [0.3, 0.4) is 0 Å². The Balaban J connectivity index is 1.82. The van der Waals surface area contributed by atoms with Crippen LogP contribution < -0.4 is 5.32 Å². The minimum atomic E-state index is -0.814. The van der Waals surface area contributed by atoms with Crippen molar-refractivity contribution in [3.8, 4) is 0 Å². The molecule has 2 N–H and O–H groups in total. The van der Waals surface area contributed by atoms with E-state index in [1.807, 2.05) is 18.2 Å². The van der Waals surface area contributed by atoms with Gasteiger partial charge in [0.15, 0.2) is 0 Å². The van der Waals surface area contributed by atoms with Gasteiger partial charge in [0.05, 0.1) is 5.92 Å². The molecule has 0 amide bonds. The normalized spacial score (nSPS) is 12.1. The number of aliphatic carboxylic acids is 1. The third kappa shape index (κ3) is 4.31. The first-order valence-corrected chi connectivity index (χ1v) is 7.30. The predicted molar refractivity (Wildman–Crippen MR) is 79.0 cm³/mol. The summed E-state index contributed by atoms with van der Waals surface area (Å²) in [6.07, 6.45) is 1.78. The minimum absolute atomic E-state index is 0.364. The van der Waals surface area contributed by atoms with Crippen LogP contribution >= 0.6 is 11.3 Å². The first kappa shape index (κ1) is 14.5. The Morgan fingerprint density at radius 1 is 1.30 bits per heavy atom. The zero-order chi connectivity index (χ0) is 14.4. The van der Waals surface area contributed by atoms with Gasteiger partial charge in [-0.25, -0.2) is 0 Å². The Morgan fingerprint density at radius 3 is 2.75 bits per heavy atom. The van der Waals surface area contributed by atoms with Gasteiger partial charge >= 0.3 is 5.97 Å². The van der Waals surface area contributed by atoms with Gasteiger partial charge < -0.3 is 10.4 Å². The summed E-state index contributed by atoms with van der Waals surface area (Å²) in [6.45, 7) is 2.02. The van der Waals surface area contributed by atoms with Gasteiger partial charge in [-0.3, -0.25) is 4.79 Å². The van der Waals surface area contributed by atoms with Crippen molar-refractivity contribution in [3.63, 3.8) is 0 Å². The molecule has 20 heavy (non-hydrogen) atoms. The quantitative estimate of drug-likeness (QED) is 0.819. The number of carboxylic acid groups (broad SMARTS) is 1. The Bertz CT molecular complexity index is 557. The highest BCUT2D eigenvalue weighted by molar-refractivity contribution is 7.15. The third-order valence-electron chi connectivity index (χ3n) is 2.92. The summed E-state index contributed by atoms with van der Waals surface area (Å²) in [7, 11) is 0. The van der Waals surface area contributed by atoms with Gasteiger partial charge in [-0.05, 0) is 12.0 Å². The average molecular weight is 291 g/mol. The number of anilines is 1. The predicted octanol–water partition coefficient (Wildman–Crippen LogP) is 2.46. The van der Waals surface area contributed by atoms with Crippen molar-refractivity contribution in [3.05, 3.63) is 40.9 Å². The lowest BCUT2D eigenvalue weighted by molar-refractivity contribution is -0.140. The Labute approximate surface area is 121 Å². The van der Waals surface area contributed by atoms with Crippen LogP contribution in [-0.4, -0.2) is 27.8 Å². The van der Waals surface area contributed by atoms with Crippen molar-refractivity contribution >= 4 is 22.4 Å². The van der Waals surface area contributed by atoms with Crippen LogP contribution in [0.15, 0.2) is 30.3 Å². The first-order valence-electron chi connectivity index (χ1n) is 6.48. The number of aryl methyl sites for hydroxylation is 2. The summed E-state index contributed by atoms with van der Waals surface area (Å²) < 4.78 is 0. The summed E-state index contributed by atoms with van der Waals surface area (Å²) >= 11 is 1.48. The zero-order valence-electron chi connectivity index (χ0n) is 11.2. The number of hydrogen-bond donors (Lipinski definition) is 2. The molecular weight excluding hydrogens is 274 g/mol. The molecule has 1 unspecified atom stereocenters. The van der Waals surface area contributed by atoms with Crippen LogP contribution in [0, 0.1) is 5.92 Å². The molecule has 0 radical (unpaired) electrons. The summed E-state index contributed by atoms with van der Waals surface area (Å²) in [6, 6.07) is 10.2. The Morgan fingerprint density at radius 2 is 2.05 bits per heavy atom. The van der Waals surface area contributed by atoms with Crippen molar-refractivity contribution in [2.45, 2.75) is 19.8 Å². The van der Waals surface area contributed by atoms with Crippen LogP contribution in [0.1, 0.15) is 17.5 Å². The van der Waals surface area contributed by atoms with Gasteiger partial charge in [0.25, 0.3) is 0 Å². The molecule has 0 aliphatic carbocycles. The number of carboxylic acids is 1. The smallest absolute Gasteiger partial charge is 0.308 e. The molecule has 6 heteroatoms. The maximum absolute atomic E-state index is 10.7. The molecule has 106 valence electrons. The number of nitrogens with one attached hydrogen (secondary N) is 1. The molecule has 0 bridgehead atoms. The van der Waals surface area contributed by atoms with Crippen LogP contribution in [0.25, 0.3) is 0 Å². The number of carbonyl (C=O) groups is 1. The van der Waals surface area contributed by atoms with E-state index in [2.05, 4.69) is 27.6 Å². The van der Waals surface area contributed by atoms with Crippen molar-refractivity contribution in [1.82, 2.24) is 10.2 Å². The summed E-state index contributed by atoms with van der Waals surface area (Å²) in [5.74, 6) is -1.25. The van der Waals surface area contributed by atoms with E-state index in [0.29, 0.717) is 11.7 Å². The second-order valence-corrected chi connectivity index (χ2v) is 5.67. The standard InChI is InChI=1S/C14H17N3O2S/c1-10(13(18)19)9-15-14-17-16-12(20-14)8-7-11-5-3-2-4-6-11/h2-6,10H,7-9H2,1H3,(H,15,17)(H,18,19). The molecule has 1 heterocycles. The molecular formula is C14H17N3O2S. The van der Waals surface area contributed by atoms with E-state index in [1.54, 1.807) is 6.92 Å². The van der Waals surface area contributed by atoms with Crippen LogP contribution in [0.4, 0.5) is 5.13 Å². The molecule has 0 fully saturated rings. The zero-order valence-corrected chi connectivity index (χ0v) is 12.1. The molecule has 0 aliphatic heterocycles. The maximum atomic E-state index is 10.7. The third-order valence-corrected chi connectivity index (χ3v) is 3.86. The molecule has 1 aromatic heterocycles. The lowest BCUT2D eigenvalue weighted by Crippen LogP contribution is -2.19. The van der Waals surface area contributed by atoms with E-state index < -0.39 is 11.9 Å². The Hall–Kier alpha value is -1.95. The van der Waals surface area contributed by atoms with Crippen LogP contribution in [0.5, 0.6) is 0 Å². The van der Waals surface area contributed by atoms with E-state index in [0.717, 1.165) is 17.8 Å². The molecule has 0 saturated heterocycles. The summed E-state index contributed by atoms with van der Waals surface area (Å²) in [4.78, 5) is 10.7. The van der Waals surface area contributed by atoms with Crippen LogP contribution in [-0.2, 0) is 17.6 Å². The number of rotatable bonds is 7. The number of aromatic nitrogens is 2. The molecule has 1 atom stereocenters. The fraction of sp³-hybridized carbons (Fsp3) is 0.357. The fourth-order valence-electron chi connectivity index (χ4n) is 1.65. The highest BCUT2D eigenvalue weighted by Crippen LogP contribution is 2.17.